The van der Waals surface area contributed by atoms with E-state index < -0.39 is 0 Å². The van der Waals surface area contributed by atoms with Crippen molar-refractivity contribution in [2.75, 3.05) is 50.9 Å². The third-order valence-electron chi connectivity index (χ3n) is 6.40. The normalized spacial score (nSPS) is 15.5. The van der Waals surface area contributed by atoms with Crippen molar-refractivity contribution >= 4 is 22.8 Å². The van der Waals surface area contributed by atoms with Crippen LogP contribution in [-0.4, -0.2) is 70.5 Å². The van der Waals surface area contributed by atoms with Gasteiger partial charge in [0.2, 0.25) is 5.95 Å². The first kappa shape index (κ1) is 24.3. The summed E-state index contributed by atoms with van der Waals surface area (Å²) in [6.45, 7) is 7.91. The molecule has 1 aromatic carbocycles. The lowest BCUT2D eigenvalue weighted by atomic mass is 10.1. The number of piperazine rings is 1. The fourth-order valence-electron chi connectivity index (χ4n) is 4.54. The molecule has 9 heteroatoms. The number of aromatic nitrogens is 3. The van der Waals surface area contributed by atoms with Gasteiger partial charge in [0.05, 0.1) is 31.8 Å². The van der Waals surface area contributed by atoms with Crippen molar-refractivity contribution in [1.82, 2.24) is 24.8 Å². The van der Waals surface area contributed by atoms with Crippen molar-refractivity contribution in [3.63, 3.8) is 0 Å². The van der Waals surface area contributed by atoms with Crippen molar-refractivity contribution in [2.24, 2.45) is 0 Å². The van der Waals surface area contributed by atoms with Crippen LogP contribution in [-0.2, 0) is 13.1 Å². The molecule has 0 saturated carbocycles. The van der Waals surface area contributed by atoms with Crippen LogP contribution in [0.2, 0.25) is 0 Å². The number of benzene rings is 1. The SMILES string of the molecule is CCCC[C@@H](CO)Nc1nc(N)nc2ccn(Cc3ccc(CN4CCNCC4)cc3OC)c12. The van der Waals surface area contributed by atoms with Gasteiger partial charge in [-0.3, -0.25) is 4.90 Å². The maximum atomic E-state index is 9.85. The summed E-state index contributed by atoms with van der Waals surface area (Å²) in [6.07, 6.45) is 4.96. The number of anilines is 2. The maximum Gasteiger partial charge on any atom is 0.222 e. The smallest absolute Gasteiger partial charge is 0.222 e. The molecule has 0 unspecified atom stereocenters. The Kier molecular flexibility index (Phi) is 8.21. The van der Waals surface area contributed by atoms with Gasteiger partial charge in [-0.15, -0.1) is 0 Å². The number of unbranched alkanes of at least 4 members (excludes halogenated alkanes) is 1. The van der Waals surface area contributed by atoms with Crippen LogP contribution in [0.25, 0.3) is 11.0 Å². The lowest BCUT2D eigenvalue weighted by Gasteiger charge is -2.27. The van der Waals surface area contributed by atoms with Crippen LogP contribution in [0, 0.1) is 0 Å². The van der Waals surface area contributed by atoms with Gasteiger partial charge in [0.25, 0.3) is 0 Å². The van der Waals surface area contributed by atoms with Crippen molar-refractivity contribution in [1.29, 1.82) is 0 Å². The largest absolute Gasteiger partial charge is 0.496 e. The summed E-state index contributed by atoms with van der Waals surface area (Å²) in [5, 5.41) is 16.7. The zero-order valence-electron chi connectivity index (χ0n) is 20.3. The quantitative estimate of drug-likeness (QED) is 0.340. The summed E-state index contributed by atoms with van der Waals surface area (Å²) in [5.74, 6) is 1.74. The molecule has 184 valence electrons. The van der Waals surface area contributed by atoms with E-state index in [9.17, 15) is 5.11 Å². The van der Waals surface area contributed by atoms with E-state index >= 15 is 0 Å². The number of nitrogens with zero attached hydrogens (tertiary/aromatic N) is 4. The number of hydrogen-bond acceptors (Lipinski definition) is 8. The predicted octanol–water partition coefficient (Wildman–Crippen LogP) is 2.44. The Morgan fingerprint density at radius 1 is 1.21 bits per heavy atom. The molecule has 0 bridgehead atoms. The molecule has 0 radical (unpaired) electrons. The Hall–Kier alpha value is -2.88. The molecule has 1 aliphatic heterocycles. The lowest BCUT2D eigenvalue weighted by Crippen LogP contribution is -2.42. The fraction of sp³-hybridized carbons (Fsp3) is 0.520. The average Bonchev–Trinajstić information content (AvgIpc) is 3.25. The number of methoxy groups -OCH3 is 1. The highest BCUT2D eigenvalue weighted by atomic mass is 16.5. The Balaban J connectivity index is 1.59. The molecule has 3 aromatic rings. The molecule has 0 spiro atoms. The van der Waals surface area contributed by atoms with Crippen LogP contribution in [0.15, 0.2) is 30.5 Å². The van der Waals surface area contributed by atoms with Crippen LogP contribution in [0.1, 0.15) is 37.3 Å². The molecule has 1 atom stereocenters. The summed E-state index contributed by atoms with van der Waals surface area (Å²) in [7, 11) is 1.72. The number of nitrogens with one attached hydrogen (secondary N) is 2. The summed E-state index contributed by atoms with van der Waals surface area (Å²) in [6, 6.07) is 8.34. The summed E-state index contributed by atoms with van der Waals surface area (Å²) in [5.41, 5.74) is 9.96. The summed E-state index contributed by atoms with van der Waals surface area (Å²) in [4.78, 5) is 11.4. The molecule has 5 N–H and O–H groups in total. The van der Waals surface area contributed by atoms with E-state index in [4.69, 9.17) is 10.5 Å². The van der Waals surface area contributed by atoms with Crippen molar-refractivity contribution in [3.8, 4) is 5.75 Å². The van der Waals surface area contributed by atoms with Gasteiger partial charge in [-0.25, -0.2) is 4.98 Å². The molecule has 9 nitrogen and oxygen atoms in total. The number of fused-ring (bicyclic) bond motifs is 1. The van der Waals surface area contributed by atoms with E-state index in [-0.39, 0.29) is 18.6 Å². The van der Waals surface area contributed by atoms with E-state index in [1.54, 1.807) is 7.11 Å². The van der Waals surface area contributed by atoms with Crippen LogP contribution >= 0.6 is 0 Å². The molecule has 1 aliphatic rings. The van der Waals surface area contributed by atoms with Gasteiger partial charge >= 0.3 is 0 Å². The van der Waals surface area contributed by atoms with Gasteiger partial charge in [0, 0.05) is 44.5 Å². The standard InChI is InChI=1S/C25H37N7O2/c1-3-4-5-20(17-33)28-24-23-21(29-25(26)30-24)8-11-32(23)16-19-7-6-18(14-22(19)34-2)15-31-12-9-27-10-13-31/h6-8,11,14,20,27,33H,3-5,9-10,12-13,15-17H2,1-2H3,(H3,26,28,29,30)/t20-/m0/s1. The van der Waals surface area contributed by atoms with Gasteiger partial charge in [-0.1, -0.05) is 31.9 Å². The van der Waals surface area contributed by atoms with E-state index in [2.05, 4.69) is 55.2 Å². The highest BCUT2D eigenvalue weighted by Crippen LogP contribution is 2.28. The molecular formula is C25H37N7O2. The van der Waals surface area contributed by atoms with Crippen molar-refractivity contribution in [2.45, 2.75) is 45.3 Å². The number of nitrogens with two attached hydrogens (primary N) is 1. The minimum atomic E-state index is -0.0837. The first-order valence-corrected chi connectivity index (χ1v) is 12.2. The Labute approximate surface area is 201 Å². The second-order valence-corrected chi connectivity index (χ2v) is 8.95. The molecule has 1 saturated heterocycles. The third-order valence-corrected chi connectivity index (χ3v) is 6.40. The number of nitrogen functional groups attached to an aromatic ring is 1. The zero-order chi connectivity index (χ0) is 23.9. The minimum Gasteiger partial charge on any atom is -0.496 e. The van der Waals surface area contributed by atoms with Gasteiger partial charge in [0.1, 0.15) is 11.3 Å². The van der Waals surface area contributed by atoms with Crippen LogP contribution in [0.4, 0.5) is 11.8 Å². The fourth-order valence-corrected chi connectivity index (χ4v) is 4.54. The van der Waals surface area contributed by atoms with Crippen LogP contribution < -0.4 is 21.1 Å². The first-order chi connectivity index (χ1) is 16.6. The van der Waals surface area contributed by atoms with E-state index in [1.807, 2.05) is 12.3 Å². The highest BCUT2D eigenvalue weighted by molar-refractivity contribution is 5.87. The van der Waals surface area contributed by atoms with Crippen molar-refractivity contribution < 1.29 is 9.84 Å². The van der Waals surface area contributed by atoms with Gasteiger partial charge in [0.15, 0.2) is 5.82 Å². The Morgan fingerprint density at radius 2 is 2.03 bits per heavy atom. The van der Waals surface area contributed by atoms with E-state index in [0.29, 0.717) is 12.4 Å². The molecule has 0 aliphatic carbocycles. The minimum absolute atomic E-state index is 0.0362. The number of ether oxygens (including phenoxy) is 1. The molecule has 1 fully saturated rings. The Bertz CT molecular complexity index is 1080. The molecule has 2 aromatic heterocycles. The number of hydrogen-bond donors (Lipinski definition) is 4. The zero-order valence-corrected chi connectivity index (χ0v) is 20.3. The van der Waals surface area contributed by atoms with Gasteiger partial charge in [-0.2, -0.15) is 4.98 Å². The topological polar surface area (TPSA) is 113 Å². The first-order valence-electron chi connectivity index (χ1n) is 12.2. The van der Waals surface area contributed by atoms with E-state index in [0.717, 1.165) is 74.3 Å². The van der Waals surface area contributed by atoms with Crippen molar-refractivity contribution in [3.05, 3.63) is 41.6 Å². The lowest BCUT2D eigenvalue weighted by molar-refractivity contribution is 0.233. The summed E-state index contributed by atoms with van der Waals surface area (Å²) < 4.78 is 7.88. The number of rotatable bonds is 11. The molecule has 3 heterocycles. The molecule has 4 rings (SSSR count). The average molecular weight is 468 g/mol. The summed E-state index contributed by atoms with van der Waals surface area (Å²) >= 11 is 0. The molecular weight excluding hydrogens is 430 g/mol. The second kappa shape index (κ2) is 11.5. The van der Waals surface area contributed by atoms with Crippen LogP contribution in [0.5, 0.6) is 5.75 Å². The monoisotopic (exact) mass is 467 g/mol. The van der Waals surface area contributed by atoms with Gasteiger partial charge < -0.3 is 30.8 Å². The van der Waals surface area contributed by atoms with E-state index in [1.165, 1.54) is 5.56 Å². The second-order valence-electron chi connectivity index (χ2n) is 8.95. The maximum absolute atomic E-state index is 9.85. The third kappa shape index (κ3) is 5.78. The number of aliphatic hydroxyl groups is 1. The highest BCUT2D eigenvalue weighted by Gasteiger charge is 2.17. The Morgan fingerprint density at radius 3 is 2.76 bits per heavy atom. The predicted molar refractivity (Wildman–Crippen MR) is 136 cm³/mol. The number of aliphatic hydroxyl groups excluding tert-OH is 1. The van der Waals surface area contributed by atoms with Crippen LogP contribution in [0.3, 0.4) is 0 Å². The molecule has 34 heavy (non-hydrogen) atoms. The molecule has 0 amide bonds. The van der Waals surface area contributed by atoms with Gasteiger partial charge in [-0.05, 0) is 24.1 Å².